The molecular weight excluding hydrogens is 264 g/mol. The molecule has 0 spiro atoms. The molecular formula is C17H22N2O2. The van der Waals surface area contributed by atoms with Crippen LogP contribution in [0, 0.1) is 12.3 Å². The first-order valence-electron chi connectivity index (χ1n) is 7.75. The van der Waals surface area contributed by atoms with Crippen molar-refractivity contribution in [1.82, 2.24) is 9.55 Å². The summed E-state index contributed by atoms with van der Waals surface area (Å²) < 4.78 is 2.27. The molecule has 3 rings (SSSR count). The van der Waals surface area contributed by atoms with Crippen LogP contribution < -0.4 is 0 Å². The third-order valence-electron chi connectivity index (χ3n) is 5.09. The molecule has 21 heavy (non-hydrogen) atoms. The molecule has 0 radical (unpaired) electrons. The minimum Gasteiger partial charge on any atom is -0.478 e. The lowest BCUT2D eigenvalue weighted by Gasteiger charge is -2.28. The van der Waals surface area contributed by atoms with Gasteiger partial charge in [-0.1, -0.05) is 19.8 Å². The summed E-state index contributed by atoms with van der Waals surface area (Å²) in [6.07, 6.45) is 6.41. The number of hydrogen-bond donors (Lipinski definition) is 1. The van der Waals surface area contributed by atoms with Gasteiger partial charge in [0.2, 0.25) is 0 Å². The van der Waals surface area contributed by atoms with E-state index in [4.69, 9.17) is 5.11 Å². The second kappa shape index (κ2) is 5.17. The van der Waals surface area contributed by atoms with E-state index in [-0.39, 0.29) is 0 Å². The lowest BCUT2D eigenvalue weighted by atomic mass is 9.83. The molecule has 1 aromatic heterocycles. The van der Waals surface area contributed by atoms with Crippen LogP contribution in [-0.2, 0) is 6.54 Å². The number of fused-ring (bicyclic) bond motifs is 1. The number of benzene rings is 1. The lowest BCUT2D eigenvalue weighted by Crippen LogP contribution is -2.23. The standard InChI is InChI=1S/C17H22N2O2/c1-3-17(8-4-5-9-17)11-19-12(2)18-14-10-13(16(20)21)6-7-15(14)19/h6-7,10H,3-5,8-9,11H2,1-2H3,(H,20,21). The Morgan fingerprint density at radius 2 is 2.10 bits per heavy atom. The van der Waals surface area contributed by atoms with E-state index >= 15 is 0 Å². The average Bonchev–Trinajstić information content (AvgIpc) is 3.05. The third-order valence-corrected chi connectivity index (χ3v) is 5.09. The molecule has 0 unspecified atom stereocenters. The van der Waals surface area contributed by atoms with E-state index in [9.17, 15) is 4.79 Å². The van der Waals surface area contributed by atoms with Gasteiger partial charge in [0, 0.05) is 6.54 Å². The molecule has 1 heterocycles. The summed E-state index contributed by atoms with van der Waals surface area (Å²) in [7, 11) is 0. The summed E-state index contributed by atoms with van der Waals surface area (Å²) in [5.74, 6) is 0.0807. The SMILES string of the molecule is CCC1(Cn2c(C)nc3cc(C(=O)O)ccc32)CCCC1. The molecule has 0 amide bonds. The normalized spacial score (nSPS) is 17.4. The highest BCUT2D eigenvalue weighted by Crippen LogP contribution is 2.43. The van der Waals surface area contributed by atoms with Crippen LogP contribution >= 0.6 is 0 Å². The fraction of sp³-hybridized carbons (Fsp3) is 0.529. The molecule has 1 saturated carbocycles. The number of hydrogen-bond acceptors (Lipinski definition) is 2. The Labute approximate surface area is 124 Å². The Hall–Kier alpha value is -1.84. The van der Waals surface area contributed by atoms with Crippen molar-refractivity contribution < 1.29 is 9.90 Å². The van der Waals surface area contributed by atoms with Crippen molar-refractivity contribution >= 4 is 17.0 Å². The van der Waals surface area contributed by atoms with Gasteiger partial charge >= 0.3 is 5.97 Å². The number of nitrogens with zero attached hydrogens (tertiary/aromatic N) is 2. The highest BCUT2D eigenvalue weighted by Gasteiger charge is 2.33. The predicted octanol–water partition coefficient (Wildman–Crippen LogP) is 4.01. The molecule has 0 aliphatic heterocycles. The van der Waals surface area contributed by atoms with Gasteiger partial charge in [0.15, 0.2) is 0 Å². The van der Waals surface area contributed by atoms with E-state index in [1.54, 1.807) is 12.1 Å². The smallest absolute Gasteiger partial charge is 0.335 e. The molecule has 1 aromatic carbocycles. The lowest BCUT2D eigenvalue weighted by molar-refractivity contribution is 0.0697. The monoisotopic (exact) mass is 286 g/mol. The molecule has 1 fully saturated rings. The zero-order chi connectivity index (χ0) is 15.0. The number of imidazole rings is 1. The maximum Gasteiger partial charge on any atom is 0.335 e. The average molecular weight is 286 g/mol. The van der Waals surface area contributed by atoms with Crippen molar-refractivity contribution in [3.63, 3.8) is 0 Å². The molecule has 112 valence electrons. The van der Waals surface area contributed by atoms with Crippen molar-refractivity contribution in [2.75, 3.05) is 0 Å². The van der Waals surface area contributed by atoms with Crippen molar-refractivity contribution in [1.29, 1.82) is 0 Å². The van der Waals surface area contributed by atoms with Crippen LogP contribution in [0.4, 0.5) is 0 Å². The fourth-order valence-electron chi connectivity index (χ4n) is 3.67. The number of aromatic nitrogens is 2. The number of aryl methyl sites for hydroxylation is 1. The number of rotatable bonds is 4. The molecule has 1 aliphatic carbocycles. The molecule has 4 nitrogen and oxygen atoms in total. The fourth-order valence-corrected chi connectivity index (χ4v) is 3.67. The minimum absolute atomic E-state index is 0.304. The summed E-state index contributed by atoms with van der Waals surface area (Å²) in [6, 6.07) is 5.25. The Morgan fingerprint density at radius 3 is 2.71 bits per heavy atom. The first kappa shape index (κ1) is 14.1. The first-order valence-corrected chi connectivity index (χ1v) is 7.75. The van der Waals surface area contributed by atoms with Crippen LogP contribution in [0.1, 0.15) is 55.2 Å². The summed E-state index contributed by atoms with van der Waals surface area (Å²) in [4.78, 5) is 15.6. The summed E-state index contributed by atoms with van der Waals surface area (Å²) >= 11 is 0. The van der Waals surface area contributed by atoms with Crippen LogP contribution in [0.15, 0.2) is 18.2 Å². The topological polar surface area (TPSA) is 55.1 Å². The van der Waals surface area contributed by atoms with Gasteiger partial charge in [-0.3, -0.25) is 0 Å². The zero-order valence-electron chi connectivity index (χ0n) is 12.7. The molecule has 4 heteroatoms. The van der Waals surface area contributed by atoms with Gasteiger partial charge in [0.1, 0.15) is 5.82 Å². The van der Waals surface area contributed by atoms with Gasteiger partial charge in [-0.05, 0) is 49.8 Å². The highest BCUT2D eigenvalue weighted by molar-refractivity contribution is 5.92. The summed E-state index contributed by atoms with van der Waals surface area (Å²) in [5, 5.41) is 9.09. The van der Waals surface area contributed by atoms with Crippen molar-refractivity contribution in [3.05, 3.63) is 29.6 Å². The van der Waals surface area contributed by atoms with E-state index < -0.39 is 5.97 Å². The summed E-state index contributed by atoms with van der Waals surface area (Å²) in [6.45, 7) is 5.29. The largest absolute Gasteiger partial charge is 0.478 e. The second-order valence-corrected chi connectivity index (χ2v) is 6.31. The van der Waals surface area contributed by atoms with Crippen LogP contribution in [-0.4, -0.2) is 20.6 Å². The van der Waals surface area contributed by atoms with Crippen LogP contribution in [0.2, 0.25) is 0 Å². The Kier molecular flexibility index (Phi) is 3.47. The van der Waals surface area contributed by atoms with Crippen molar-refractivity contribution in [2.45, 2.75) is 52.5 Å². The van der Waals surface area contributed by atoms with Crippen LogP contribution in [0.5, 0.6) is 0 Å². The van der Waals surface area contributed by atoms with E-state index in [1.807, 2.05) is 13.0 Å². The van der Waals surface area contributed by atoms with Gasteiger partial charge in [-0.25, -0.2) is 9.78 Å². The maximum atomic E-state index is 11.1. The number of carboxylic acid groups (broad SMARTS) is 1. The molecule has 0 atom stereocenters. The Morgan fingerprint density at radius 1 is 1.38 bits per heavy atom. The van der Waals surface area contributed by atoms with E-state index in [0.29, 0.717) is 11.0 Å². The second-order valence-electron chi connectivity index (χ2n) is 6.31. The van der Waals surface area contributed by atoms with E-state index in [1.165, 1.54) is 32.1 Å². The van der Waals surface area contributed by atoms with E-state index in [0.717, 1.165) is 23.4 Å². The molecule has 2 aromatic rings. The van der Waals surface area contributed by atoms with Crippen LogP contribution in [0.3, 0.4) is 0 Å². The van der Waals surface area contributed by atoms with Crippen molar-refractivity contribution in [3.8, 4) is 0 Å². The van der Waals surface area contributed by atoms with Gasteiger partial charge in [0.05, 0.1) is 16.6 Å². The number of aromatic carboxylic acids is 1. The molecule has 1 N–H and O–H groups in total. The van der Waals surface area contributed by atoms with Gasteiger partial charge in [-0.2, -0.15) is 0 Å². The van der Waals surface area contributed by atoms with Gasteiger partial charge in [0.25, 0.3) is 0 Å². The van der Waals surface area contributed by atoms with Crippen LogP contribution in [0.25, 0.3) is 11.0 Å². The minimum atomic E-state index is -0.898. The Balaban J connectivity index is 2.02. The maximum absolute atomic E-state index is 11.1. The van der Waals surface area contributed by atoms with Gasteiger partial charge < -0.3 is 9.67 Å². The quantitative estimate of drug-likeness (QED) is 0.923. The van der Waals surface area contributed by atoms with Crippen molar-refractivity contribution in [2.24, 2.45) is 5.41 Å². The third kappa shape index (κ3) is 2.43. The predicted molar refractivity (Wildman–Crippen MR) is 82.6 cm³/mol. The first-order chi connectivity index (χ1) is 10.0. The molecule has 0 bridgehead atoms. The van der Waals surface area contributed by atoms with E-state index in [2.05, 4.69) is 16.5 Å². The summed E-state index contributed by atoms with van der Waals surface area (Å²) in [5.41, 5.74) is 2.54. The molecule has 0 saturated heterocycles. The zero-order valence-corrected chi connectivity index (χ0v) is 12.7. The number of carboxylic acids is 1. The van der Waals surface area contributed by atoms with Gasteiger partial charge in [-0.15, -0.1) is 0 Å². The highest BCUT2D eigenvalue weighted by atomic mass is 16.4. The Bertz CT molecular complexity index is 681. The molecule has 1 aliphatic rings. The number of carbonyl (C=O) groups is 1.